The fourth-order valence-corrected chi connectivity index (χ4v) is 3.85. The predicted octanol–water partition coefficient (Wildman–Crippen LogP) is -0.224. The van der Waals surface area contributed by atoms with E-state index in [9.17, 15) is 4.79 Å². The van der Waals surface area contributed by atoms with Gasteiger partial charge in [-0.15, -0.1) is 5.10 Å². The van der Waals surface area contributed by atoms with Crippen LogP contribution in [0.1, 0.15) is 11.4 Å². The third kappa shape index (κ3) is 1.88. The third-order valence-electron chi connectivity index (χ3n) is 4.89. The lowest BCUT2D eigenvalue weighted by Gasteiger charge is -2.30. The summed E-state index contributed by atoms with van der Waals surface area (Å²) in [6.07, 6.45) is 0.831. The number of nitrogens with zero attached hydrogens (tertiary/aromatic N) is 5. The average Bonchev–Trinajstić information content (AvgIpc) is 3.09. The van der Waals surface area contributed by atoms with Crippen LogP contribution in [0.5, 0.6) is 0 Å². The third-order valence-corrected chi connectivity index (χ3v) is 4.89. The topological polar surface area (TPSA) is 68.4 Å². The number of rotatable bonds is 0. The van der Waals surface area contributed by atoms with Gasteiger partial charge in [-0.2, -0.15) is 0 Å². The molecule has 2 saturated heterocycles. The number of hydrogen-bond donors (Lipinski definition) is 1. The van der Waals surface area contributed by atoms with E-state index in [0.717, 1.165) is 50.5 Å². The molecule has 3 aliphatic heterocycles. The van der Waals surface area contributed by atoms with Gasteiger partial charge in [0.1, 0.15) is 5.69 Å². The van der Waals surface area contributed by atoms with E-state index in [0.29, 0.717) is 18.4 Å². The molecular weight excluding hydrogens is 256 g/mol. The minimum Gasteiger partial charge on any atom is -0.324 e. The molecule has 108 valence electrons. The molecule has 1 N–H and O–H groups in total. The summed E-state index contributed by atoms with van der Waals surface area (Å²) in [5.74, 6) is 1.33. The molecule has 7 heteroatoms. The van der Waals surface area contributed by atoms with E-state index in [-0.39, 0.29) is 6.03 Å². The number of carbonyl (C=O) groups is 1. The second kappa shape index (κ2) is 4.44. The number of amides is 2. The summed E-state index contributed by atoms with van der Waals surface area (Å²) in [5, 5.41) is 10.8. The first-order valence-electron chi connectivity index (χ1n) is 7.32. The molecule has 1 aromatic heterocycles. The smallest absolute Gasteiger partial charge is 0.320 e. The number of aromatic nitrogens is 3. The zero-order valence-corrected chi connectivity index (χ0v) is 11.7. The molecule has 0 bridgehead atoms. The number of hydrogen-bond acceptors (Lipinski definition) is 4. The van der Waals surface area contributed by atoms with E-state index in [1.807, 2.05) is 9.80 Å². The van der Waals surface area contributed by atoms with Gasteiger partial charge in [0.2, 0.25) is 0 Å². The summed E-state index contributed by atoms with van der Waals surface area (Å²) in [6, 6.07) is 0.177. The van der Waals surface area contributed by atoms with Gasteiger partial charge in [0.15, 0.2) is 0 Å². The molecule has 4 heterocycles. The molecule has 1 aromatic rings. The van der Waals surface area contributed by atoms with Crippen molar-refractivity contribution in [1.82, 2.24) is 30.1 Å². The minimum atomic E-state index is 0.177. The fraction of sp³-hybridized carbons (Fsp3) is 0.769. The van der Waals surface area contributed by atoms with Crippen LogP contribution < -0.4 is 0 Å². The molecule has 0 saturated carbocycles. The Balaban J connectivity index is 1.42. The molecule has 0 aromatic carbocycles. The van der Waals surface area contributed by atoms with Crippen LogP contribution in [-0.4, -0.2) is 75.9 Å². The summed E-state index contributed by atoms with van der Waals surface area (Å²) >= 11 is 0. The molecule has 0 radical (unpaired) electrons. The summed E-state index contributed by atoms with van der Waals surface area (Å²) in [4.78, 5) is 18.9. The Kier molecular flexibility index (Phi) is 2.70. The Morgan fingerprint density at radius 3 is 2.70 bits per heavy atom. The highest BCUT2D eigenvalue weighted by Crippen LogP contribution is 2.31. The van der Waals surface area contributed by atoms with Gasteiger partial charge in [0.25, 0.3) is 0 Å². The molecule has 2 atom stereocenters. The number of H-pyrrole nitrogens is 1. The second-order valence-electron chi connectivity index (χ2n) is 6.34. The van der Waals surface area contributed by atoms with E-state index >= 15 is 0 Å². The van der Waals surface area contributed by atoms with Crippen LogP contribution in [0, 0.1) is 11.8 Å². The van der Waals surface area contributed by atoms with Gasteiger partial charge in [0, 0.05) is 39.1 Å². The first kappa shape index (κ1) is 12.1. The Labute approximate surface area is 117 Å². The van der Waals surface area contributed by atoms with Crippen LogP contribution in [0.4, 0.5) is 4.79 Å². The van der Waals surface area contributed by atoms with Crippen LogP contribution in [0.15, 0.2) is 0 Å². The van der Waals surface area contributed by atoms with Crippen LogP contribution in [0.3, 0.4) is 0 Å². The van der Waals surface area contributed by atoms with Crippen molar-refractivity contribution in [3.8, 4) is 0 Å². The molecule has 7 nitrogen and oxygen atoms in total. The number of nitrogens with one attached hydrogen (secondary N) is 1. The number of aromatic amines is 1. The fourth-order valence-electron chi connectivity index (χ4n) is 3.85. The predicted molar refractivity (Wildman–Crippen MR) is 71.9 cm³/mol. The zero-order valence-electron chi connectivity index (χ0n) is 11.7. The molecule has 2 amide bonds. The van der Waals surface area contributed by atoms with Crippen LogP contribution in [0.25, 0.3) is 0 Å². The lowest BCUT2D eigenvalue weighted by atomic mass is 10.0. The summed E-state index contributed by atoms with van der Waals surface area (Å²) in [5.41, 5.74) is 2.00. The molecule has 0 aliphatic carbocycles. The van der Waals surface area contributed by atoms with Gasteiger partial charge < -0.3 is 14.7 Å². The normalized spacial score (nSPS) is 29.6. The maximum atomic E-state index is 12.6. The first-order chi connectivity index (χ1) is 9.70. The van der Waals surface area contributed by atoms with E-state index in [2.05, 4.69) is 27.4 Å². The van der Waals surface area contributed by atoms with E-state index in [1.165, 1.54) is 0 Å². The molecule has 3 aliphatic rings. The molecule has 2 fully saturated rings. The van der Waals surface area contributed by atoms with E-state index < -0.39 is 0 Å². The van der Waals surface area contributed by atoms with Crippen molar-refractivity contribution in [3.63, 3.8) is 0 Å². The standard InChI is InChI=1S/C13H20N6O/c1-17-4-9-6-19(7-10(9)5-17)13(20)18-3-2-11-12(8-18)15-16-14-11/h9-10H,2-8H2,1H3,(H,14,15,16)/t9-,10+. The highest BCUT2D eigenvalue weighted by molar-refractivity contribution is 5.75. The van der Waals surface area contributed by atoms with Crippen molar-refractivity contribution in [2.75, 3.05) is 39.8 Å². The molecule has 0 spiro atoms. The number of carbonyl (C=O) groups excluding carboxylic acids is 1. The second-order valence-corrected chi connectivity index (χ2v) is 6.34. The summed E-state index contributed by atoms with van der Waals surface area (Å²) < 4.78 is 0. The number of fused-ring (bicyclic) bond motifs is 2. The average molecular weight is 276 g/mol. The van der Waals surface area contributed by atoms with Crippen LogP contribution in [-0.2, 0) is 13.0 Å². The lowest BCUT2D eigenvalue weighted by Crippen LogP contribution is -2.45. The van der Waals surface area contributed by atoms with Crippen molar-refractivity contribution < 1.29 is 4.79 Å². The number of urea groups is 1. The maximum Gasteiger partial charge on any atom is 0.320 e. The largest absolute Gasteiger partial charge is 0.324 e. The van der Waals surface area contributed by atoms with Crippen molar-refractivity contribution in [2.45, 2.75) is 13.0 Å². The summed E-state index contributed by atoms with van der Waals surface area (Å²) in [7, 11) is 2.17. The van der Waals surface area contributed by atoms with Crippen LogP contribution >= 0.6 is 0 Å². The van der Waals surface area contributed by atoms with Gasteiger partial charge in [-0.3, -0.25) is 5.10 Å². The SMILES string of the molecule is CN1C[C@@H]2CN(C(=O)N3CCc4[nH]nnc4C3)C[C@@H]2C1. The van der Waals surface area contributed by atoms with Crippen molar-refractivity contribution in [3.05, 3.63) is 11.4 Å². The highest BCUT2D eigenvalue weighted by atomic mass is 16.2. The molecule has 0 unspecified atom stereocenters. The Morgan fingerprint density at radius 1 is 1.20 bits per heavy atom. The molecule has 20 heavy (non-hydrogen) atoms. The van der Waals surface area contributed by atoms with Gasteiger partial charge in [0.05, 0.1) is 12.2 Å². The molecular formula is C13H20N6O. The van der Waals surface area contributed by atoms with Crippen molar-refractivity contribution in [2.24, 2.45) is 11.8 Å². The molecule has 4 rings (SSSR count). The van der Waals surface area contributed by atoms with Crippen molar-refractivity contribution >= 4 is 6.03 Å². The van der Waals surface area contributed by atoms with Gasteiger partial charge in [-0.25, -0.2) is 4.79 Å². The quantitative estimate of drug-likeness (QED) is 0.711. The zero-order chi connectivity index (χ0) is 13.7. The number of likely N-dealkylation sites (tertiary alicyclic amines) is 2. The monoisotopic (exact) mass is 276 g/mol. The van der Waals surface area contributed by atoms with E-state index in [1.54, 1.807) is 0 Å². The Bertz CT molecular complexity index is 515. The van der Waals surface area contributed by atoms with E-state index in [4.69, 9.17) is 0 Å². The van der Waals surface area contributed by atoms with Gasteiger partial charge in [-0.1, -0.05) is 5.21 Å². The van der Waals surface area contributed by atoms with Gasteiger partial charge in [-0.05, 0) is 18.9 Å². The van der Waals surface area contributed by atoms with Gasteiger partial charge >= 0.3 is 6.03 Å². The highest BCUT2D eigenvalue weighted by Gasteiger charge is 2.41. The van der Waals surface area contributed by atoms with Crippen LogP contribution in [0.2, 0.25) is 0 Å². The summed E-state index contributed by atoms with van der Waals surface area (Å²) in [6.45, 7) is 5.44. The minimum absolute atomic E-state index is 0.177. The Morgan fingerprint density at radius 2 is 1.95 bits per heavy atom. The first-order valence-corrected chi connectivity index (χ1v) is 7.32. The maximum absolute atomic E-state index is 12.6. The Hall–Kier alpha value is -1.63. The lowest BCUT2D eigenvalue weighted by molar-refractivity contribution is 0.151. The van der Waals surface area contributed by atoms with Crippen molar-refractivity contribution in [1.29, 1.82) is 0 Å².